The molecule has 5 heteroatoms. The number of esters is 2. The van der Waals surface area contributed by atoms with Gasteiger partial charge in [0.2, 0.25) is 6.10 Å². The SMILES string of the molecule is Cc1ccc(/C=C/C(=O)O[C@@H]2CCOC2=O)cc1Cl. The highest BCUT2D eigenvalue weighted by Gasteiger charge is 2.29. The molecule has 1 aromatic carbocycles. The topological polar surface area (TPSA) is 52.6 Å². The first-order valence-corrected chi connectivity index (χ1v) is 6.25. The van der Waals surface area contributed by atoms with E-state index in [1.807, 2.05) is 19.1 Å². The van der Waals surface area contributed by atoms with Crippen molar-refractivity contribution in [2.24, 2.45) is 0 Å². The lowest BCUT2D eigenvalue weighted by atomic mass is 10.1. The number of cyclic esters (lactones) is 1. The molecule has 1 heterocycles. The van der Waals surface area contributed by atoms with E-state index >= 15 is 0 Å². The first-order chi connectivity index (χ1) is 9.06. The third-order valence-corrected chi connectivity index (χ3v) is 3.16. The summed E-state index contributed by atoms with van der Waals surface area (Å²) in [6, 6.07) is 5.46. The summed E-state index contributed by atoms with van der Waals surface area (Å²) >= 11 is 5.97. The second kappa shape index (κ2) is 5.89. The molecule has 0 aliphatic carbocycles. The smallest absolute Gasteiger partial charge is 0.347 e. The Hall–Kier alpha value is -1.81. The van der Waals surface area contributed by atoms with E-state index in [0.717, 1.165) is 11.1 Å². The Bertz CT molecular complexity index is 536. The van der Waals surface area contributed by atoms with Gasteiger partial charge in [-0.25, -0.2) is 9.59 Å². The Morgan fingerprint density at radius 2 is 2.32 bits per heavy atom. The molecule has 0 spiro atoms. The maximum atomic E-state index is 11.5. The van der Waals surface area contributed by atoms with Gasteiger partial charge in [-0.2, -0.15) is 0 Å². The largest absolute Gasteiger partial charge is 0.463 e. The molecular weight excluding hydrogens is 268 g/mol. The molecule has 1 fully saturated rings. The third-order valence-electron chi connectivity index (χ3n) is 2.75. The average Bonchev–Trinajstić information content (AvgIpc) is 2.77. The fourth-order valence-electron chi connectivity index (χ4n) is 1.64. The number of ether oxygens (including phenoxy) is 2. The number of halogens is 1. The summed E-state index contributed by atoms with van der Waals surface area (Å²) < 4.78 is 9.67. The summed E-state index contributed by atoms with van der Waals surface area (Å²) in [6.07, 6.45) is 2.49. The molecule has 1 atom stereocenters. The number of hydrogen-bond donors (Lipinski definition) is 0. The highest BCUT2D eigenvalue weighted by molar-refractivity contribution is 6.31. The van der Waals surface area contributed by atoms with Crippen LogP contribution in [0.2, 0.25) is 5.02 Å². The van der Waals surface area contributed by atoms with E-state index in [-0.39, 0.29) is 0 Å². The van der Waals surface area contributed by atoms with Gasteiger partial charge in [0.1, 0.15) is 0 Å². The van der Waals surface area contributed by atoms with Crippen molar-refractivity contribution < 1.29 is 19.1 Å². The fourth-order valence-corrected chi connectivity index (χ4v) is 1.83. The van der Waals surface area contributed by atoms with Crippen molar-refractivity contribution in [1.29, 1.82) is 0 Å². The predicted molar refractivity (Wildman–Crippen MR) is 70.7 cm³/mol. The van der Waals surface area contributed by atoms with Gasteiger partial charge in [0, 0.05) is 17.5 Å². The van der Waals surface area contributed by atoms with Crippen LogP contribution < -0.4 is 0 Å². The van der Waals surface area contributed by atoms with Crippen LogP contribution in [0, 0.1) is 6.92 Å². The van der Waals surface area contributed by atoms with Gasteiger partial charge in [-0.3, -0.25) is 0 Å². The molecule has 0 N–H and O–H groups in total. The Kier molecular flexibility index (Phi) is 4.22. The van der Waals surface area contributed by atoms with Gasteiger partial charge in [-0.05, 0) is 30.2 Å². The number of carbonyl (C=O) groups excluding carboxylic acids is 2. The fraction of sp³-hybridized carbons (Fsp3) is 0.286. The molecule has 0 amide bonds. The van der Waals surface area contributed by atoms with Gasteiger partial charge in [-0.1, -0.05) is 23.7 Å². The summed E-state index contributed by atoms with van der Waals surface area (Å²) in [7, 11) is 0. The number of rotatable bonds is 3. The van der Waals surface area contributed by atoms with Crippen molar-refractivity contribution >= 4 is 29.6 Å². The Labute approximate surface area is 116 Å². The minimum atomic E-state index is -0.779. The lowest BCUT2D eigenvalue weighted by Crippen LogP contribution is -2.21. The van der Waals surface area contributed by atoms with E-state index < -0.39 is 18.0 Å². The molecule has 1 aliphatic heterocycles. The predicted octanol–water partition coefficient (Wildman–Crippen LogP) is 2.52. The quantitative estimate of drug-likeness (QED) is 0.631. The van der Waals surface area contributed by atoms with E-state index in [2.05, 4.69) is 0 Å². The maximum absolute atomic E-state index is 11.5. The summed E-state index contributed by atoms with van der Waals surface area (Å²) in [4.78, 5) is 22.6. The van der Waals surface area contributed by atoms with Crippen molar-refractivity contribution in [3.8, 4) is 0 Å². The highest BCUT2D eigenvalue weighted by Crippen LogP contribution is 2.17. The summed E-state index contributed by atoms with van der Waals surface area (Å²) in [6.45, 7) is 2.20. The van der Waals surface area contributed by atoms with Crippen LogP contribution in [0.3, 0.4) is 0 Å². The highest BCUT2D eigenvalue weighted by atomic mass is 35.5. The van der Waals surface area contributed by atoms with Crippen LogP contribution >= 0.6 is 11.6 Å². The van der Waals surface area contributed by atoms with Crippen LogP contribution in [0.25, 0.3) is 6.08 Å². The first kappa shape index (κ1) is 13.6. The van der Waals surface area contributed by atoms with Crippen molar-refractivity contribution in [2.45, 2.75) is 19.4 Å². The summed E-state index contributed by atoms with van der Waals surface area (Å²) in [5, 5.41) is 0.634. The minimum absolute atomic E-state index is 0.300. The number of carbonyl (C=O) groups is 2. The molecule has 1 saturated heterocycles. The van der Waals surface area contributed by atoms with Gasteiger partial charge in [0.15, 0.2) is 0 Å². The zero-order chi connectivity index (χ0) is 13.8. The Morgan fingerprint density at radius 1 is 1.53 bits per heavy atom. The van der Waals surface area contributed by atoms with E-state index in [1.54, 1.807) is 12.1 Å². The summed E-state index contributed by atoms with van der Waals surface area (Å²) in [5.74, 6) is -1.05. The van der Waals surface area contributed by atoms with E-state index in [4.69, 9.17) is 21.1 Å². The molecule has 0 radical (unpaired) electrons. The van der Waals surface area contributed by atoms with Gasteiger partial charge in [-0.15, -0.1) is 0 Å². The normalized spacial score (nSPS) is 18.6. The van der Waals surface area contributed by atoms with Gasteiger partial charge >= 0.3 is 11.9 Å². The zero-order valence-electron chi connectivity index (χ0n) is 10.4. The lowest BCUT2D eigenvalue weighted by Gasteiger charge is -2.05. The van der Waals surface area contributed by atoms with E-state index in [1.165, 1.54) is 6.08 Å². The minimum Gasteiger partial charge on any atom is -0.463 e. The molecular formula is C14H13ClO4. The zero-order valence-corrected chi connectivity index (χ0v) is 11.1. The van der Waals surface area contributed by atoms with Gasteiger partial charge < -0.3 is 9.47 Å². The van der Waals surface area contributed by atoms with Crippen LogP contribution in [-0.4, -0.2) is 24.6 Å². The standard InChI is InChI=1S/C14H13ClO4/c1-9-2-3-10(8-11(9)15)4-5-13(16)19-12-6-7-18-14(12)17/h2-5,8,12H,6-7H2,1H3/b5-4+/t12-/m1/s1. The molecule has 0 saturated carbocycles. The molecule has 100 valence electrons. The van der Waals surface area contributed by atoms with Crippen LogP contribution in [0.4, 0.5) is 0 Å². The van der Waals surface area contributed by atoms with Crippen LogP contribution in [0.5, 0.6) is 0 Å². The molecule has 0 unspecified atom stereocenters. The maximum Gasteiger partial charge on any atom is 0.347 e. The molecule has 4 nitrogen and oxygen atoms in total. The van der Waals surface area contributed by atoms with E-state index in [9.17, 15) is 9.59 Å². The number of benzene rings is 1. The lowest BCUT2D eigenvalue weighted by molar-refractivity contribution is -0.156. The van der Waals surface area contributed by atoms with Gasteiger partial charge in [0.25, 0.3) is 0 Å². The molecule has 19 heavy (non-hydrogen) atoms. The third kappa shape index (κ3) is 3.58. The second-order valence-corrected chi connectivity index (χ2v) is 4.63. The molecule has 1 aliphatic rings. The van der Waals surface area contributed by atoms with Crippen LogP contribution in [-0.2, 0) is 19.1 Å². The van der Waals surface area contributed by atoms with Crippen molar-refractivity contribution in [3.05, 3.63) is 40.4 Å². The van der Waals surface area contributed by atoms with Crippen LogP contribution in [0.1, 0.15) is 17.5 Å². The second-order valence-electron chi connectivity index (χ2n) is 4.22. The van der Waals surface area contributed by atoms with Crippen molar-refractivity contribution in [2.75, 3.05) is 6.61 Å². The molecule has 0 bridgehead atoms. The average molecular weight is 281 g/mol. The molecule has 0 aromatic heterocycles. The van der Waals surface area contributed by atoms with Gasteiger partial charge in [0.05, 0.1) is 6.61 Å². The Morgan fingerprint density at radius 3 is 2.95 bits per heavy atom. The number of hydrogen-bond acceptors (Lipinski definition) is 4. The summed E-state index contributed by atoms with van der Waals surface area (Å²) in [5.41, 5.74) is 1.76. The van der Waals surface area contributed by atoms with Crippen molar-refractivity contribution in [3.63, 3.8) is 0 Å². The van der Waals surface area contributed by atoms with E-state index in [0.29, 0.717) is 18.1 Å². The molecule has 1 aromatic rings. The van der Waals surface area contributed by atoms with Crippen molar-refractivity contribution in [1.82, 2.24) is 0 Å². The molecule has 2 rings (SSSR count). The Balaban J connectivity index is 1.96. The van der Waals surface area contributed by atoms with Crippen LogP contribution in [0.15, 0.2) is 24.3 Å². The number of aryl methyl sites for hydroxylation is 1. The monoisotopic (exact) mass is 280 g/mol. The first-order valence-electron chi connectivity index (χ1n) is 5.88.